The summed E-state index contributed by atoms with van der Waals surface area (Å²) < 4.78 is 32.7. The molecule has 1 aromatic carbocycles. The summed E-state index contributed by atoms with van der Waals surface area (Å²) in [4.78, 5) is 4.43. The molecule has 0 saturated carbocycles. The highest BCUT2D eigenvalue weighted by molar-refractivity contribution is 14.1. The highest BCUT2D eigenvalue weighted by Gasteiger charge is 2.22. The van der Waals surface area contributed by atoms with Gasteiger partial charge >= 0.3 is 0 Å². The van der Waals surface area contributed by atoms with E-state index >= 15 is 0 Å². The molecule has 2 aromatic heterocycles. The molecule has 0 fully saturated rings. The van der Waals surface area contributed by atoms with E-state index in [1.54, 1.807) is 49.7 Å². The molecule has 0 saturated heterocycles. The van der Waals surface area contributed by atoms with Crippen LogP contribution in [0.4, 0.5) is 0 Å². The number of hydrogen-bond acceptors (Lipinski definition) is 4. The first-order chi connectivity index (χ1) is 10.1. The van der Waals surface area contributed by atoms with Crippen LogP contribution >= 0.6 is 22.6 Å². The predicted molar refractivity (Wildman–Crippen MR) is 88.0 cm³/mol. The van der Waals surface area contributed by atoms with Gasteiger partial charge in [-0.05, 0) is 40.8 Å². The third kappa shape index (κ3) is 2.30. The van der Waals surface area contributed by atoms with E-state index in [4.69, 9.17) is 4.74 Å². The summed E-state index contributed by atoms with van der Waals surface area (Å²) in [6.07, 6.45) is 3.09. The highest BCUT2D eigenvalue weighted by atomic mass is 127. The first-order valence-electron chi connectivity index (χ1n) is 6.06. The lowest BCUT2D eigenvalue weighted by atomic mass is 10.3. The first kappa shape index (κ1) is 14.3. The molecule has 108 valence electrons. The quantitative estimate of drug-likeness (QED) is 0.619. The van der Waals surface area contributed by atoms with Crippen LogP contribution in [0.2, 0.25) is 0 Å². The van der Waals surface area contributed by atoms with E-state index in [-0.39, 0.29) is 4.90 Å². The molecule has 0 bridgehead atoms. The van der Waals surface area contributed by atoms with Crippen LogP contribution in [0.3, 0.4) is 0 Å². The Morgan fingerprint density at radius 2 is 1.90 bits per heavy atom. The fourth-order valence-electron chi connectivity index (χ4n) is 2.11. The Morgan fingerprint density at radius 3 is 2.57 bits per heavy atom. The van der Waals surface area contributed by atoms with E-state index in [1.807, 2.05) is 0 Å². The zero-order chi connectivity index (χ0) is 15.0. The van der Waals surface area contributed by atoms with Crippen molar-refractivity contribution in [3.63, 3.8) is 0 Å². The molecule has 21 heavy (non-hydrogen) atoms. The van der Waals surface area contributed by atoms with Gasteiger partial charge in [-0.2, -0.15) is 0 Å². The second kappa shape index (κ2) is 5.30. The van der Waals surface area contributed by atoms with Crippen molar-refractivity contribution in [2.45, 2.75) is 4.90 Å². The number of methoxy groups -OCH3 is 1. The number of halogens is 1. The maximum atomic E-state index is 12.7. The molecule has 3 rings (SSSR count). The molecule has 0 amide bonds. The number of rotatable bonds is 3. The zero-order valence-electron chi connectivity index (χ0n) is 11.0. The van der Waals surface area contributed by atoms with Gasteiger partial charge < -0.3 is 4.74 Å². The van der Waals surface area contributed by atoms with E-state index in [0.29, 0.717) is 16.8 Å². The van der Waals surface area contributed by atoms with Crippen LogP contribution in [-0.4, -0.2) is 24.5 Å². The molecule has 0 unspecified atom stereocenters. The number of fused-ring (bicyclic) bond motifs is 1. The summed E-state index contributed by atoms with van der Waals surface area (Å²) in [6.45, 7) is 0. The molecule has 0 atom stereocenters. The van der Waals surface area contributed by atoms with Crippen molar-refractivity contribution in [3.8, 4) is 5.75 Å². The van der Waals surface area contributed by atoms with Gasteiger partial charge in [0.25, 0.3) is 10.0 Å². The topological polar surface area (TPSA) is 61.2 Å². The highest BCUT2D eigenvalue weighted by Crippen LogP contribution is 2.32. The SMILES string of the molecule is COc1ccnc2c1c(I)cn2S(=O)(=O)c1ccccc1. The Hall–Kier alpha value is -1.61. The average Bonchev–Trinajstić information content (AvgIpc) is 2.86. The van der Waals surface area contributed by atoms with E-state index in [0.717, 1.165) is 3.57 Å². The molecule has 5 nitrogen and oxygen atoms in total. The number of nitrogens with zero attached hydrogens (tertiary/aromatic N) is 2. The standard InChI is InChI=1S/C14H11IN2O3S/c1-20-12-7-8-16-14-13(12)11(15)9-17(14)21(18,19)10-5-3-2-4-6-10/h2-9H,1H3. The summed E-state index contributed by atoms with van der Waals surface area (Å²) in [5.74, 6) is 0.603. The van der Waals surface area contributed by atoms with Gasteiger partial charge in [-0.1, -0.05) is 18.2 Å². The van der Waals surface area contributed by atoms with Crippen LogP contribution in [-0.2, 0) is 10.0 Å². The number of hydrogen-bond donors (Lipinski definition) is 0. The lowest BCUT2D eigenvalue weighted by Gasteiger charge is -2.07. The number of aromatic nitrogens is 2. The van der Waals surface area contributed by atoms with Gasteiger partial charge in [-0.15, -0.1) is 0 Å². The van der Waals surface area contributed by atoms with Crippen molar-refractivity contribution in [2.24, 2.45) is 0 Å². The second-order valence-corrected chi connectivity index (χ2v) is 7.28. The lowest BCUT2D eigenvalue weighted by molar-refractivity contribution is 0.419. The van der Waals surface area contributed by atoms with Crippen molar-refractivity contribution in [2.75, 3.05) is 7.11 Å². The monoisotopic (exact) mass is 414 g/mol. The van der Waals surface area contributed by atoms with Crippen LogP contribution < -0.4 is 4.74 Å². The summed E-state index contributed by atoms with van der Waals surface area (Å²) in [5.41, 5.74) is 0.364. The maximum absolute atomic E-state index is 12.7. The summed E-state index contributed by atoms with van der Waals surface area (Å²) in [7, 11) is -2.13. The molecular formula is C14H11IN2O3S. The Kier molecular flexibility index (Phi) is 3.62. The number of ether oxygens (including phenoxy) is 1. The fraction of sp³-hybridized carbons (Fsp3) is 0.0714. The minimum absolute atomic E-state index is 0.225. The van der Waals surface area contributed by atoms with Crippen molar-refractivity contribution in [1.29, 1.82) is 0 Å². The third-order valence-corrected chi connectivity index (χ3v) is 5.57. The molecule has 0 N–H and O–H groups in total. The molecular weight excluding hydrogens is 403 g/mol. The predicted octanol–water partition coefficient (Wildman–Crippen LogP) is 2.89. The Balaban J connectivity index is 2.32. The number of benzene rings is 1. The van der Waals surface area contributed by atoms with Gasteiger partial charge in [0.2, 0.25) is 0 Å². The smallest absolute Gasteiger partial charge is 0.269 e. The van der Waals surface area contributed by atoms with E-state index < -0.39 is 10.0 Å². The van der Waals surface area contributed by atoms with E-state index in [2.05, 4.69) is 27.6 Å². The Labute approximate surface area is 135 Å². The minimum Gasteiger partial charge on any atom is -0.496 e. The largest absolute Gasteiger partial charge is 0.496 e. The van der Waals surface area contributed by atoms with E-state index in [1.165, 1.54) is 10.2 Å². The molecule has 0 aliphatic rings. The summed E-state index contributed by atoms with van der Waals surface area (Å²) in [5, 5.41) is 0.695. The van der Waals surface area contributed by atoms with Gasteiger partial charge in [-0.3, -0.25) is 0 Å². The fourth-order valence-corrected chi connectivity index (χ4v) is 4.43. The van der Waals surface area contributed by atoms with Crippen molar-refractivity contribution < 1.29 is 13.2 Å². The summed E-state index contributed by atoms with van der Waals surface area (Å²) in [6, 6.07) is 10.00. The van der Waals surface area contributed by atoms with Crippen LogP contribution in [0, 0.1) is 3.57 Å². The first-order valence-corrected chi connectivity index (χ1v) is 8.58. The number of pyridine rings is 1. The van der Waals surface area contributed by atoms with Crippen LogP contribution in [0.15, 0.2) is 53.7 Å². The molecule has 7 heteroatoms. The Morgan fingerprint density at radius 1 is 1.19 bits per heavy atom. The molecule has 3 aromatic rings. The van der Waals surface area contributed by atoms with Gasteiger partial charge in [0, 0.05) is 16.0 Å². The van der Waals surface area contributed by atoms with E-state index in [9.17, 15) is 8.42 Å². The van der Waals surface area contributed by atoms with Crippen LogP contribution in [0.25, 0.3) is 11.0 Å². The van der Waals surface area contributed by atoms with Crippen molar-refractivity contribution in [3.05, 3.63) is 52.4 Å². The van der Waals surface area contributed by atoms with Gasteiger partial charge in [0.05, 0.1) is 17.4 Å². The molecule has 2 heterocycles. The maximum Gasteiger partial charge on any atom is 0.269 e. The molecule has 0 aliphatic heterocycles. The van der Waals surface area contributed by atoms with Crippen molar-refractivity contribution in [1.82, 2.24) is 8.96 Å². The molecule has 0 radical (unpaired) electrons. The Bertz CT molecular complexity index is 905. The zero-order valence-corrected chi connectivity index (χ0v) is 14.0. The molecule has 0 spiro atoms. The third-order valence-electron chi connectivity index (χ3n) is 3.09. The minimum atomic E-state index is -3.68. The van der Waals surface area contributed by atoms with Gasteiger partial charge in [-0.25, -0.2) is 17.4 Å². The second-order valence-electron chi connectivity index (χ2n) is 4.30. The summed E-state index contributed by atoms with van der Waals surface area (Å²) >= 11 is 2.08. The van der Waals surface area contributed by atoms with Crippen LogP contribution in [0.1, 0.15) is 0 Å². The van der Waals surface area contributed by atoms with Gasteiger partial charge in [0.1, 0.15) is 5.75 Å². The average molecular weight is 414 g/mol. The van der Waals surface area contributed by atoms with Crippen molar-refractivity contribution >= 4 is 43.6 Å². The van der Waals surface area contributed by atoms with Gasteiger partial charge in [0.15, 0.2) is 5.65 Å². The molecule has 0 aliphatic carbocycles. The normalized spacial score (nSPS) is 11.7. The van der Waals surface area contributed by atoms with Crippen LogP contribution in [0.5, 0.6) is 5.75 Å². The lowest BCUT2D eigenvalue weighted by Crippen LogP contribution is -2.12.